The van der Waals surface area contributed by atoms with Crippen LogP contribution >= 0.6 is 11.6 Å². The van der Waals surface area contributed by atoms with Gasteiger partial charge in [-0.3, -0.25) is 4.79 Å². The highest BCUT2D eigenvalue weighted by Crippen LogP contribution is 2.21. The molecule has 0 saturated heterocycles. The normalized spacial score (nSPS) is 10.2. The molecule has 0 aliphatic carbocycles. The zero-order valence-electron chi connectivity index (χ0n) is 10.5. The van der Waals surface area contributed by atoms with E-state index < -0.39 is 0 Å². The van der Waals surface area contributed by atoms with E-state index in [1.165, 1.54) is 12.3 Å². The Balaban J connectivity index is 2.07. The smallest absolute Gasteiger partial charge is 0.260 e. The molecule has 1 heterocycles. The van der Waals surface area contributed by atoms with Gasteiger partial charge in [0.25, 0.3) is 5.91 Å². The summed E-state index contributed by atoms with van der Waals surface area (Å²) in [7, 11) is 0. The zero-order chi connectivity index (χ0) is 13.7. The Hall–Kier alpha value is -1.94. The van der Waals surface area contributed by atoms with Gasteiger partial charge in [0, 0.05) is 11.8 Å². The minimum Gasteiger partial charge on any atom is -0.494 e. The SMILES string of the molecule is CCCOc1cccc(NC(=O)c2ccoc2Cl)c1. The maximum absolute atomic E-state index is 11.9. The number of furan rings is 1. The lowest BCUT2D eigenvalue weighted by atomic mass is 10.2. The van der Waals surface area contributed by atoms with E-state index in [1.54, 1.807) is 12.1 Å². The first-order chi connectivity index (χ1) is 9.20. The molecule has 1 N–H and O–H groups in total. The third kappa shape index (κ3) is 3.51. The van der Waals surface area contributed by atoms with Gasteiger partial charge >= 0.3 is 0 Å². The molecule has 0 aliphatic rings. The van der Waals surface area contributed by atoms with Crippen LogP contribution in [-0.2, 0) is 0 Å². The van der Waals surface area contributed by atoms with Gasteiger partial charge in [-0.15, -0.1) is 0 Å². The van der Waals surface area contributed by atoms with Crippen molar-refractivity contribution in [1.82, 2.24) is 0 Å². The number of carbonyl (C=O) groups is 1. The maximum Gasteiger partial charge on any atom is 0.260 e. The molecule has 0 radical (unpaired) electrons. The summed E-state index contributed by atoms with van der Waals surface area (Å²) >= 11 is 5.75. The van der Waals surface area contributed by atoms with Crippen molar-refractivity contribution in [2.24, 2.45) is 0 Å². The van der Waals surface area contributed by atoms with Crippen molar-refractivity contribution in [2.45, 2.75) is 13.3 Å². The summed E-state index contributed by atoms with van der Waals surface area (Å²) in [6.07, 6.45) is 2.30. The van der Waals surface area contributed by atoms with E-state index in [2.05, 4.69) is 5.32 Å². The van der Waals surface area contributed by atoms with Crippen LogP contribution in [0.4, 0.5) is 5.69 Å². The van der Waals surface area contributed by atoms with Gasteiger partial charge in [-0.25, -0.2) is 0 Å². The lowest BCUT2D eigenvalue weighted by molar-refractivity contribution is 0.102. The Kier molecular flexibility index (Phi) is 4.47. The van der Waals surface area contributed by atoms with Crippen LogP contribution in [0.25, 0.3) is 0 Å². The average molecular weight is 280 g/mol. The Bertz CT molecular complexity index is 565. The molecule has 1 aromatic heterocycles. The Morgan fingerprint density at radius 2 is 2.26 bits per heavy atom. The van der Waals surface area contributed by atoms with Gasteiger partial charge in [0.2, 0.25) is 5.22 Å². The molecule has 5 heteroatoms. The van der Waals surface area contributed by atoms with Gasteiger partial charge in [0.05, 0.1) is 18.4 Å². The monoisotopic (exact) mass is 279 g/mol. The highest BCUT2D eigenvalue weighted by molar-refractivity contribution is 6.32. The average Bonchev–Trinajstić information content (AvgIpc) is 2.83. The molecule has 0 saturated carbocycles. The van der Waals surface area contributed by atoms with Crippen LogP contribution in [0.1, 0.15) is 23.7 Å². The molecule has 0 bridgehead atoms. The Morgan fingerprint density at radius 1 is 1.42 bits per heavy atom. The van der Waals surface area contributed by atoms with Gasteiger partial charge in [-0.2, -0.15) is 0 Å². The highest BCUT2D eigenvalue weighted by atomic mass is 35.5. The number of carbonyl (C=O) groups excluding carboxylic acids is 1. The van der Waals surface area contributed by atoms with Crippen LogP contribution in [0.2, 0.25) is 5.22 Å². The van der Waals surface area contributed by atoms with Crippen molar-refractivity contribution in [2.75, 3.05) is 11.9 Å². The van der Waals surface area contributed by atoms with Crippen molar-refractivity contribution < 1.29 is 13.9 Å². The summed E-state index contributed by atoms with van der Waals surface area (Å²) in [6.45, 7) is 2.68. The fourth-order valence-corrected chi connectivity index (χ4v) is 1.74. The Labute approximate surface area is 116 Å². The first-order valence-electron chi connectivity index (χ1n) is 5.98. The predicted molar refractivity (Wildman–Crippen MR) is 73.9 cm³/mol. The molecule has 0 fully saturated rings. The number of benzene rings is 1. The molecule has 0 spiro atoms. The molecular weight excluding hydrogens is 266 g/mol. The quantitative estimate of drug-likeness (QED) is 0.901. The van der Waals surface area contributed by atoms with E-state index >= 15 is 0 Å². The lowest BCUT2D eigenvalue weighted by Gasteiger charge is -2.08. The van der Waals surface area contributed by atoms with Crippen LogP contribution in [0, 0.1) is 0 Å². The van der Waals surface area contributed by atoms with E-state index in [-0.39, 0.29) is 11.1 Å². The third-order valence-corrected chi connectivity index (χ3v) is 2.72. The van der Waals surface area contributed by atoms with Crippen molar-refractivity contribution in [3.8, 4) is 5.75 Å². The topological polar surface area (TPSA) is 51.5 Å². The molecule has 4 nitrogen and oxygen atoms in total. The fourth-order valence-electron chi connectivity index (χ4n) is 1.54. The summed E-state index contributed by atoms with van der Waals surface area (Å²) in [4.78, 5) is 11.9. The van der Waals surface area contributed by atoms with Crippen LogP contribution in [0.15, 0.2) is 41.0 Å². The van der Waals surface area contributed by atoms with Crippen LogP contribution < -0.4 is 10.1 Å². The first kappa shape index (κ1) is 13.5. The first-order valence-corrected chi connectivity index (χ1v) is 6.35. The Morgan fingerprint density at radius 3 is 2.95 bits per heavy atom. The molecule has 1 amide bonds. The number of ether oxygens (including phenoxy) is 1. The maximum atomic E-state index is 11.9. The second-order valence-electron chi connectivity index (χ2n) is 3.94. The number of hydrogen-bond acceptors (Lipinski definition) is 3. The van der Waals surface area contributed by atoms with E-state index in [0.717, 1.165) is 12.2 Å². The van der Waals surface area contributed by atoms with Crippen molar-refractivity contribution >= 4 is 23.2 Å². The van der Waals surface area contributed by atoms with E-state index in [4.69, 9.17) is 20.8 Å². The number of halogens is 1. The molecule has 0 atom stereocenters. The van der Waals surface area contributed by atoms with E-state index in [0.29, 0.717) is 17.9 Å². The summed E-state index contributed by atoms with van der Waals surface area (Å²) in [5.41, 5.74) is 0.956. The second kappa shape index (κ2) is 6.29. The number of rotatable bonds is 5. The van der Waals surface area contributed by atoms with Crippen LogP contribution in [-0.4, -0.2) is 12.5 Å². The standard InChI is InChI=1S/C14H14ClNO3/c1-2-7-18-11-5-3-4-10(9-11)16-14(17)12-6-8-19-13(12)15/h3-6,8-9H,2,7H2,1H3,(H,16,17). The predicted octanol–water partition coefficient (Wildman–Crippen LogP) is 3.97. The number of hydrogen-bond donors (Lipinski definition) is 1. The molecule has 2 rings (SSSR count). The summed E-state index contributed by atoms with van der Waals surface area (Å²) in [5, 5.41) is 2.82. The van der Waals surface area contributed by atoms with Crippen LogP contribution in [0.5, 0.6) is 5.75 Å². The molecule has 2 aromatic rings. The molecule has 100 valence electrons. The molecule has 1 aromatic carbocycles. The van der Waals surface area contributed by atoms with E-state index in [9.17, 15) is 4.79 Å². The fraction of sp³-hybridized carbons (Fsp3) is 0.214. The number of amides is 1. The number of anilines is 1. The summed E-state index contributed by atoms with van der Waals surface area (Å²) in [5.74, 6) is 0.407. The van der Waals surface area contributed by atoms with Crippen molar-refractivity contribution in [3.05, 3.63) is 47.4 Å². The van der Waals surface area contributed by atoms with Crippen molar-refractivity contribution in [3.63, 3.8) is 0 Å². The molecular formula is C14H14ClNO3. The third-order valence-electron chi connectivity index (χ3n) is 2.43. The highest BCUT2D eigenvalue weighted by Gasteiger charge is 2.13. The zero-order valence-corrected chi connectivity index (χ0v) is 11.2. The minimum atomic E-state index is -0.314. The lowest BCUT2D eigenvalue weighted by Crippen LogP contribution is -2.11. The molecule has 19 heavy (non-hydrogen) atoms. The van der Waals surface area contributed by atoms with E-state index in [1.807, 2.05) is 19.1 Å². The van der Waals surface area contributed by atoms with Gasteiger partial charge < -0.3 is 14.5 Å². The molecule has 0 aliphatic heterocycles. The summed E-state index contributed by atoms with van der Waals surface area (Å²) < 4.78 is 10.4. The van der Waals surface area contributed by atoms with Gasteiger partial charge in [-0.05, 0) is 36.2 Å². The summed E-state index contributed by atoms with van der Waals surface area (Å²) in [6, 6.07) is 8.73. The van der Waals surface area contributed by atoms with Crippen molar-refractivity contribution in [1.29, 1.82) is 0 Å². The van der Waals surface area contributed by atoms with Gasteiger partial charge in [0.15, 0.2) is 0 Å². The molecule has 0 unspecified atom stereocenters. The van der Waals surface area contributed by atoms with Gasteiger partial charge in [0.1, 0.15) is 5.75 Å². The van der Waals surface area contributed by atoms with Gasteiger partial charge in [-0.1, -0.05) is 13.0 Å². The number of nitrogens with one attached hydrogen (secondary N) is 1. The second-order valence-corrected chi connectivity index (χ2v) is 4.28. The largest absolute Gasteiger partial charge is 0.494 e. The van der Waals surface area contributed by atoms with Crippen LogP contribution in [0.3, 0.4) is 0 Å². The minimum absolute atomic E-state index is 0.0795.